The molecule has 0 spiro atoms. The van der Waals surface area contributed by atoms with E-state index in [1.54, 1.807) is 0 Å². The van der Waals surface area contributed by atoms with Gasteiger partial charge in [0.05, 0.1) is 5.75 Å². The molecule has 0 aliphatic rings. The van der Waals surface area contributed by atoms with Crippen LogP contribution < -0.4 is 0 Å². The Hall–Kier alpha value is -0.800. The van der Waals surface area contributed by atoms with Gasteiger partial charge in [-0.1, -0.05) is 24.6 Å². The summed E-state index contributed by atoms with van der Waals surface area (Å²) in [7, 11) is 0. The molecule has 84 valence electrons. The van der Waals surface area contributed by atoms with Gasteiger partial charge in [0.1, 0.15) is 5.01 Å². The Morgan fingerprint density at radius 2 is 2.00 bits per heavy atom. The summed E-state index contributed by atoms with van der Waals surface area (Å²) >= 11 is 3.68. The van der Waals surface area contributed by atoms with Crippen molar-refractivity contribution in [2.75, 3.05) is 0 Å². The number of aryl methyl sites for hydroxylation is 2. The van der Waals surface area contributed by atoms with Crippen LogP contribution in [0.1, 0.15) is 22.4 Å². The molecule has 2 aromatic rings. The van der Waals surface area contributed by atoms with E-state index in [9.17, 15) is 0 Å². The zero-order chi connectivity index (χ0) is 11.4. The average Bonchev–Trinajstić information content (AvgIpc) is 2.76. The highest BCUT2D eigenvalue weighted by Crippen LogP contribution is 2.25. The highest BCUT2D eigenvalue weighted by Gasteiger charge is 2.01. The Morgan fingerprint density at radius 1 is 1.25 bits per heavy atom. The Kier molecular flexibility index (Phi) is 4.02. The first-order valence-corrected chi connectivity index (χ1v) is 7.21. The Bertz CT molecular complexity index is 445. The smallest absolute Gasteiger partial charge is 0.103 e. The number of hydrogen-bond donors (Lipinski definition) is 0. The zero-order valence-electron chi connectivity index (χ0n) is 9.56. The van der Waals surface area contributed by atoms with E-state index in [0.717, 1.165) is 12.2 Å². The molecule has 0 saturated heterocycles. The molecule has 3 heteroatoms. The third kappa shape index (κ3) is 3.09. The maximum absolute atomic E-state index is 4.42. The van der Waals surface area contributed by atoms with Crippen LogP contribution in [-0.4, -0.2) is 4.98 Å². The van der Waals surface area contributed by atoms with Crippen molar-refractivity contribution in [1.82, 2.24) is 4.98 Å². The summed E-state index contributed by atoms with van der Waals surface area (Å²) in [5.74, 6) is 0.980. The van der Waals surface area contributed by atoms with Crippen LogP contribution in [0.3, 0.4) is 0 Å². The molecule has 0 aliphatic heterocycles. The fraction of sp³-hybridized carbons (Fsp3) is 0.308. The molecule has 0 bridgehead atoms. The molecule has 2 rings (SSSR count). The van der Waals surface area contributed by atoms with Crippen LogP contribution in [0, 0.1) is 6.92 Å². The maximum atomic E-state index is 4.42. The van der Waals surface area contributed by atoms with E-state index in [1.807, 2.05) is 29.3 Å². The first kappa shape index (κ1) is 11.7. The Balaban J connectivity index is 1.94. The summed E-state index contributed by atoms with van der Waals surface area (Å²) in [6, 6.07) is 8.66. The van der Waals surface area contributed by atoms with Crippen molar-refractivity contribution in [3.63, 3.8) is 0 Å². The molecule has 0 saturated carbocycles. The second-order valence-corrected chi connectivity index (χ2v) is 5.92. The topological polar surface area (TPSA) is 12.9 Å². The molecule has 0 radical (unpaired) electrons. The van der Waals surface area contributed by atoms with Gasteiger partial charge in [0.25, 0.3) is 0 Å². The van der Waals surface area contributed by atoms with Gasteiger partial charge in [0.15, 0.2) is 0 Å². The van der Waals surface area contributed by atoms with Crippen LogP contribution in [0.5, 0.6) is 0 Å². The number of thiazole rings is 1. The molecule has 0 amide bonds. The Morgan fingerprint density at radius 3 is 2.62 bits per heavy atom. The summed E-state index contributed by atoms with van der Waals surface area (Å²) in [5, 5.41) is 1.22. The third-order valence-corrected chi connectivity index (χ3v) is 4.68. The monoisotopic (exact) mass is 249 g/mol. The van der Waals surface area contributed by atoms with Gasteiger partial charge in [0.2, 0.25) is 0 Å². The van der Waals surface area contributed by atoms with E-state index < -0.39 is 0 Å². The minimum Gasteiger partial charge on any atom is -0.249 e. The van der Waals surface area contributed by atoms with Crippen LogP contribution in [0.4, 0.5) is 0 Å². The van der Waals surface area contributed by atoms with Gasteiger partial charge < -0.3 is 0 Å². The number of thioether (sulfide) groups is 1. The molecule has 1 nitrogen and oxygen atoms in total. The van der Waals surface area contributed by atoms with Crippen molar-refractivity contribution < 1.29 is 0 Å². The minimum atomic E-state index is 0.980. The summed E-state index contributed by atoms with van der Waals surface area (Å²) in [6.07, 6.45) is 3.09. The molecule has 0 atom stereocenters. The number of benzene rings is 1. The molecule has 0 unspecified atom stereocenters. The van der Waals surface area contributed by atoms with Crippen molar-refractivity contribution in [1.29, 1.82) is 0 Å². The maximum Gasteiger partial charge on any atom is 0.103 e. The van der Waals surface area contributed by atoms with E-state index in [2.05, 4.69) is 43.1 Å². The van der Waals surface area contributed by atoms with Crippen LogP contribution >= 0.6 is 23.1 Å². The molecule has 1 aromatic carbocycles. The van der Waals surface area contributed by atoms with Gasteiger partial charge in [-0.2, -0.15) is 0 Å². The van der Waals surface area contributed by atoms with Crippen molar-refractivity contribution in [2.45, 2.75) is 30.9 Å². The summed E-state index contributed by atoms with van der Waals surface area (Å²) < 4.78 is 0. The lowest BCUT2D eigenvalue weighted by molar-refractivity contribution is 1.16. The number of nitrogens with zero attached hydrogens (tertiary/aromatic N) is 1. The fourth-order valence-electron chi connectivity index (χ4n) is 1.36. The van der Waals surface area contributed by atoms with E-state index in [4.69, 9.17) is 0 Å². The van der Waals surface area contributed by atoms with Gasteiger partial charge in [-0.15, -0.1) is 23.1 Å². The van der Waals surface area contributed by atoms with E-state index in [-0.39, 0.29) is 0 Å². The quantitative estimate of drug-likeness (QED) is 0.749. The van der Waals surface area contributed by atoms with Crippen molar-refractivity contribution >= 4 is 23.1 Å². The molecule has 1 heterocycles. The van der Waals surface area contributed by atoms with Crippen molar-refractivity contribution in [3.8, 4) is 0 Å². The second-order valence-electron chi connectivity index (χ2n) is 3.68. The number of rotatable bonds is 4. The van der Waals surface area contributed by atoms with Crippen LogP contribution in [0.2, 0.25) is 0 Å². The number of hydrogen-bond acceptors (Lipinski definition) is 3. The lowest BCUT2D eigenvalue weighted by Gasteiger charge is -1.99. The highest BCUT2D eigenvalue weighted by atomic mass is 32.2. The molecular formula is C13H15NS2. The van der Waals surface area contributed by atoms with Crippen molar-refractivity contribution in [3.05, 3.63) is 45.9 Å². The van der Waals surface area contributed by atoms with Gasteiger partial charge in [0, 0.05) is 16.0 Å². The predicted octanol–water partition coefficient (Wildman–Crippen LogP) is 4.31. The zero-order valence-corrected chi connectivity index (χ0v) is 11.2. The molecule has 16 heavy (non-hydrogen) atoms. The lowest BCUT2D eigenvalue weighted by atomic mass is 10.2. The number of aromatic nitrogens is 1. The SMILES string of the molecule is CCc1cnc(CSc2ccc(C)cc2)s1. The van der Waals surface area contributed by atoms with E-state index >= 15 is 0 Å². The van der Waals surface area contributed by atoms with Crippen LogP contribution in [0.15, 0.2) is 35.4 Å². The van der Waals surface area contributed by atoms with Gasteiger partial charge in [-0.25, -0.2) is 4.98 Å². The molecule has 1 aromatic heterocycles. The van der Waals surface area contributed by atoms with E-state index in [0.29, 0.717) is 0 Å². The van der Waals surface area contributed by atoms with Gasteiger partial charge >= 0.3 is 0 Å². The third-order valence-electron chi connectivity index (χ3n) is 2.33. The normalized spacial score (nSPS) is 10.6. The lowest BCUT2D eigenvalue weighted by Crippen LogP contribution is -1.78. The summed E-state index contributed by atoms with van der Waals surface area (Å²) in [5.41, 5.74) is 1.31. The predicted molar refractivity (Wildman–Crippen MR) is 72.2 cm³/mol. The second kappa shape index (κ2) is 5.51. The first-order valence-electron chi connectivity index (χ1n) is 5.41. The fourth-order valence-corrected chi connectivity index (χ4v) is 3.12. The van der Waals surface area contributed by atoms with Gasteiger partial charge in [-0.3, -0.25) is 0 Å². The minimum absolute atomic E-state index is 0.980. The summed E-state index contributed by atoms with van der Waals surface area (Å²) in [4.78, 5) is 7.11. The standard InChI is InChI=1S/C13H15NS2/c1-3-11-8-14-13(16-11)9-15-12-6-4-10(2)5-7-12/h4-8H,3,9H2,1-2H3. The largest absolute Gasteiger partial charge is 0.249 e. The van der Waals surface area contributed by atoms with E-state index in [1.165, 1.54) is 20.3 Å². The van der Waals surface area contributed by atoms with Crippen LogP contribution in [-0.2, 0) is 12.2 Å². The summed E-state index contributed by atoms with van der Waals surface area (Å²) in [6.45, 7) is 4.28. The molecule has 0 fully saturated rings. The average molecular weight is 249 g/mol. The van der Waals surface area contributed by atoms with Gasteiger partial charge in [-0.05, 0) is 25.5 Å². The molecule has 0 N–H and O–H groups in total. The molecular weight excluding hydrogens is 234 g/mol. The highest BCUT2D eigenvalue weighted by molar-refractivity contribution is 7.98. The Labute approximate surface area is 105 Å². The first-order chi connectivity index (χ1) is 7.78. The molecule has 0 aliphatic carbocycles. The van der Waals surface area contributed by atoms with Crippen molar-refractivity contribution in [2.24, 2.45) is 0 Å². The van der Waals surface area contributed by atoms with Crippen LogP contribution in [0.25, 0.3) is 0 Å².